The summed E-state index contributed by atoms with van der Waals surface area (Å²) in [4.78, 5) is 0. The topological polar surface area (TPSA) is 0 Å². The summed E-state index contributed by atoms with van der Waals surface area (Å²) < 4.78 is 1.20. The first-order chi connectivity index (χ1) is 6.83. The van der Waals surface area contributed by atoms with Crippen LogP contribution in [0.4, 0.5) is 0 Å². The summed E-state index contributed by atoms with van der Waals surface area (Å²) in [6.07, 6.45) is 5.49. The molecule has 2 aliphatic carbocycles. The number of allylic oxidation sites excluding steroid dienone is 2. The molecule has 1 unspecified atom stereocenters. The van der Waals surface area contributed by atoms with Crippen molar-refractivity contribution in [3.05, 3.63) is 39.9 Å². The van der Waals surface area contributed by atoms with E-state index >= 15 is 0 Å². The Morgan fingerprint density at radius 2 is 2.14 bits per heavy atom. The van der Waals surface area contributed by atoms with Gasteiger partial charge in [-0.1, -0.05) is 33.6 Å². The SMILES string of the molecule is Brc1cccc(C2=C3CCC(C3)C2)c1. The monoisotopic (exact) mass is 248 g/mol. The highest BCUT2D eigenvalue weighted by Crippen LogP contribution is 2.48. The lowest BCUT2D eigenvalue weighted by atomic mass is 9.94. The molecule has 2 aliphatic rings. The molecule has 1 saturated carbocycles. The van der Waals surface area contributed by atoms with Crippen molar-refractivity contribution < 1.29 is 0 Å². The third-order valence-corrected chi connectivity index (χ3v) is 3.98. The number of hydrogen-bond donors (Lipinski definition) is 0. The summed E-state index contributed by atoms with van der Waals surface area (Å²) in [5.41, 5.74) is 4.81. The van der Waals surface area contributed by atoms with Gasteiger partial charge in [0.25, 0.3) is 0 Å². The second-order valence-corrected chi connectivity index (χ2v) is 5.32. The molecule has 72 valence electrons. The fourth-order valence-electron chi connectivity index (χ4n) is 2.81. The molecule has 0 spiro atoms. The highest BCUT2D eigenvalue weighted by Gasteiger charge is 2.30. The number of rotatable bonds is 1. The van der Waals surface area contributed by atoms with Crippen molar-refractivity contribution >= 4 is 21.5 Å². The molecule has 1 atom stereocenters. The number of fused-ring (bicyclic) bond motifs is 2. The van der Waals surface area contributed by atoms with Gasteiger partial charge < -0.3 is 0 Å². The fourth-order valence-corrected chi connectivity index (χ4v) is 3.21. The van der Waals surface area contributed by atoms with Gasteiger partial charge in [0.2, 0.25) is 0 Å². The summed E-state index contributed by atoms with van der Waals surface area (Å²) in [5.74, 6) is 0.971. The van der Waals surface area contributed by atoms with Gasteiger partial charge in [0.15, 0.2) is 0 Å². The van der Waals surface area contributed by atoms with Crippen LogP contribution in [0.3, 0.4) is 0 Å². The molecule has 0 heterocycles. The van der Waals surface area contributed by atoms with Crippen LogP contribution in [-0.2, 0) is 0 Å². The Bertz CT molecular complexity index is 403. The predicted molar refractivity (Wildman–Crippen MR) is 63.0 cm³/mol. The molecule has 0 amide bonds. The number of benzene rings is 1. The Morgan fingerprint density at radius 1 is 1.21 bits per heavy atom. The molecule has 0 N–H and O–H groups in total. The smallest absolute Gasteiger partial charge is 0.0181 e. The van der Waals surface area contributed by atoms with E-state index < -0.39 is 0 Å². The average Bonchev–Trinajstić information content (AvgIpc) is 2.78. The second-order valence-electron chi connectivity index (χ2n) is 4.41. The van der Waals surface area contributed by atoms with Crippen LogP contribution in [-0.4, -0.2) is 0 Å². The molecule has 1 aromatic rings. The molecular weight excluding hydrogens is 236 g/mol. The van der Waals surface area contributed by atoms with Crippen LogP contribution in [0.1, 0.15) is 31.2 Å². The van der Waals surface area contributed by atoms with E-state index in [9.17, 15) is 0 Å². The highest BCUT2D eigenvalue weighted by molar-refractivity contribution is 9.10. The zero-order valence-corrected chi connectivity index (χ0v) is 9.68. The molecule has 0 aliphatic heterocycles. The summed E-state index contributed by atoms with van der Waals surface area (Å²) in [5, 5.41) is 0. The Balaban J connectivity index is 2.04. The molecule has 1 fully saturated rings. The van der Waals surface area contributed by atoms with Crippen LogP contribution in [0.5, 0.6) is 0 Å². The summed E-state index contributed by atoms with van der Waals surface area (Å²) in [6, 6.07) is 8.73. The Morgan fingerprint density at radius 3 is 2.79 bits per heavy atom. The molecular formula is C13H13Br. The minimum Gasteiger partial charge on any atom is -0.0661 e. The third-order valence-electron chi connectivity index (χ3n) is 3.48. The normalized spacial score (nSPS) is 24.8. The summed E-state index contributed by atoms with van der Waals surface area (Å²) >= 11 is 3.54. The quantitative estimate of drug-likeness (QED) is 0.691. The van der Waals surface area contributed by atoms with E-state index in [2.05, 4.69) is 40.2 Å². The Hall–Kier alpha value is -0.560. The van der Waals surface area contributed by atoms with E-state index in [0.717, 1.165) is 5.92 Å². The van der Waals surface area contributed by atoms with Crippen LogP contribution < -0.4 is 0 Å². The van der Waals surface area contributed by atoms with E-state index in [1.54, 1.807) is 11.1 Å². The van der Waals surface area contributed by atoms with Crippen LogP contribution >= 0.6 is 15.9 Å². The zero-order chi connectivity index (χ0) is 9.54. The van der Waals surface area contributed by atoms with Crippen LogP contribution in [0.2, 0.25) is 0 Å². The van der Waals surface area contributed by atoms with Crippen LogP contribution in [0.15, 0.2) is 34.3 Å². The van der Waals surface area contributed by atoms with Crippen molar-refractivity contribution in [1.29, 1.82) is 0 Å². The molecule has 0 saturated heterocycles. The van der Waals surface area contributed by atoms with E-state index in [1.807, 2.05) is 0 Å². The van der Waals surface area contributed by atoms with Crippen molar-refractivity contribution in [2.45, 2.75) is 25.7 Å². The Kier molecular flexibility index (Phi) is 2.01. The first-order valence-corrected chi connectivity index (χ1v) is 6.09. The van der Waals surface area contributed by atoms with Gasteiger partial charge in [-0.15, -0.1) is 0 Å². The predicted octanol–water partition coefficient (Wildman–Crippen LogP) is 4.41. The number of halogens is 1. The molecule has 1 aromatic carbocycles. The fraction of sp³-hybridized carbons (Fsp3) is 0.385. The molecule has 0 nitrogen and oxygen atoms in total. The standard InChI is InChI=1S/C13H13Br/c14-12-3-1-2-10(8-12)13-7-9-4-5-11(13)6-9/h1-3,8-9H,4-7H2. The van der Waals surface area contributed by atoms with Gasteiger partial charge in [0, 0.05) is 4.47 Å². The lowest BCUT2D eigenvalue weighted by molar-refractivity contribution is 0.582. The van der Waals surface area contributed by atoms with Gasteiger partial charge in [-0.3, -0.25) is 0 Å². The maximum atomic E-state index is 3.54. The van der Waals surface area contributed by atoms with E-state index in [1.165, 1.54) is 35.7 Å². The van der Waals surface area contributed by atoms with E-state index in [0.29, 0.717) is 0 Å². The second kappa shape index (κ2) is 3.23. The maximum absolute atomic E-state index is 3.54. The van der Waals surface area contributed by atoms with Crippen molar-refractivity contribution in [2.75, 3.05) is 0 Å². The molecule has 3 rings (SSSR count). The van der Waals surface area contributed by atoms with Gasteiger partial charge in [-0.2, -0.15) is 0 Å². The molecule has 1 heteroatoms. The van der Waals surface area contributed by atoms with Crippen molar-refractivity contribution in [2.24, 2.45) is 5.92 Å². The largest absolute Gasteiger partial charge is 0.0661 e. The zero-order valence-electron chi connectivity index (χ0n) is 8.09. The van der Waals surface area contributed by atoms with Gasteiger partial charge >= 0.3 is 0 Å². The van der Waals surface area contributed by atoms with Crippen LogP contribution in [0, 0.1) is 5.92 Å². The van der Waals surface area contributed by atoms with Crippen molar-refractivity contribution in [3.8, 4) is 0 Å². The van der Waals surface area contributed by atoms with Crippen molar-refractivity contribution in [1.82, 2.24) is 0 Å². The minimum atomic E-state index is 0.971. The van der Waals surface area contributed by atoms with E-state index in [-0.39, 0.29) is 0 Å². The summed E-state index contributed by atoms with van der Waals surface area (Å²) in [7, 11) is 0. The number of hydrogen-bond acceptors (Lipinski definition) is 0. The van der Waals surface area contributed by atoms with Gasteiger partial charge in [-0.05, 0) is 54.9 Å². The lowest BCUT2D eigenvalue weighted by Crippen LogP contribution is -1.93. The first-order valence-electron chi connectivity index (χ1n) is 5.30. The van der Waals surface area contributed by atoms with Gasteiger partial charge in [-0.25, -0.2) is 0 Å². The Labute approximate surface area is 93.2 Å². The summed E-state index contributed by atoms with van der Waals surface area (Å²) in [6.45, 7) is 0. The van der Waals surface area contributed by atoms with Crippen LogP contribution in [0.25, 0.3) is 5.57 Å². The molecule has 2 bridgehead atoms. The lowest BCUT2D eigenvalue weighted by Gasteiger charge is -2.12. The highest BCUT2D eigenvalue weighted by atomic mass is 79.9. The van der Waals surface area contributed by atoms with Crippen molar-refractivity contribution in [3.63, 3.8) is 0 Å². The maximum Gasteiger partial charge on any atom is 0.0181 e. The third kappa shape index (κ3) is 1.35. The molecule has 14 heavy (non-hydrogen) atoms. The minimum absolute atomic E-state index is 0.971. The first kappa shape index (κ1) is 8.72. The molecule has 0 aromatic heterocycles. The van der Waals surface area contributed by atoms with Gasteiger partial charge in [0.1, 0.15) is 0 Å². The van der Waals surface area contributed by atoms with E-state index in [4.69, 9.17) is 0 Å². The average molecular weight is 249 g/mol. The molecule has 0 radical (unpaired) electrons. The van der Waals surface area contributed by atoms with Gasteiger partial charge in [0.05, 0.1) is 0 Å².